The van der Waals surface area contributed by atoms with E-state index >= 15 is 0 Å². The summed E-state index contributed by atoms with van der Waals surface area (Å²) in [5.74, 6) is 0.169. The average molecular weight is 402 g/mol. The lowest BCUT2D eigenvalue weighted by Crippen LogP contribution is -2.35. The predicted octanol–water partition coefficient (Wildman–Crippen LogP) is 3.48. The van der Waals surface area contributed by atoms with Crippen LogP contribution < -0.4 is 5.69 Å². The van der Waals surface area contributed by atoms with Gasteiger partial charge >= 0.3 is 5.69 Å². The average Bonchev–Trinajstić information content (AvgIpc) is 3.14. The number of amides is 1. The predicted molar refractivity (Wildman–Crippen MR) is 115 cm³/mol. The molecule has 4 aromatic rings. The van der Waals surface area contributed by atoms with Crippen LogP contribution in [0.15, 0.2) is 47.3 Å². The van der Waals surface area contributed by atoms with E-state index in [9.17, 15) is 14.7 Å². The summed E-state index contributed by atoms with van der Waals surface area (Å²) in [6.07, 6.45) is 3.28. The highest BCUT2D eigenvalue weighted by molar-refractivity contribution is 5.96. The fourth-order valence-electron chi connectivity index (χ4n) is 4.29. The first-order valence-corrected chi connectivity index (χ1v) is 10.2. The molecule has 0 bridgehead atoms. The van der Waals surface area contributed by atoms with Gasteiger partial charge in [-0.3, -0.25) is 4.79 Å². The summed E-state index contributed by atoms with van der Waals surface area (Å²) in [6.45, 7) is 3.53. The molecule has 0 radical (unpaired) electrons. The van der Waals surface area contributed by atoms with Crippen molar-refractivity contribution in [2.75, 3.05) is 13.1 Å². The highest BCUT2D eigenvalue weighted by Gasteiger charge is 2.19. The Morgan fingerprint density at radius 2 is 1.80 bits per heavy atom. The highest BCUT2D eigenvalue weighted by atomic mass is 16.3. The van der Waals surface area contributed by atoms with Gasteiger partial charge in [0.25, 0.3) is 5.91 Å². The van der Waals surface area contributed by atoms with Crippen molar-refractivity contribution < 1.29 is 9.90 Å². The number of carbonyl (C=O) groups excluding carboxylic acids is 1. The monoisotopic (exact) mass is 402 g/mol. The molecule has 0 aliphatic carbocycles. The van der Waals surface area contributed by atoms with E-state index in [2.05, 4.69) is 10.2 Å². The van der Waals surface area contributed by atoms with Crippen LogP contribution in [-0.4, -0.2) is 43.6 Å². The van der Waals surface area contributed by atoms with E-state index in [-0.39, 0.29) is 17.3 Å². The number of fused-ring (bicyclic) bond motifs is 3. The van der Waals surface area contributed by atoms with Gasteiger partial charge in [-0.15, -0.1) is 0 Å². The van der Waals surface area contributed by atoms with Gasteiger partial charge in [0.1, 0.15) is 5.75 Å². The van der Waals surface area contributed by atoms with Crippen LogP contribution >= 0.6 is 0 Å². The van der Waals surface area contributed by atoms with Crippen LogP contribution in [0, 0.1) is 6.92 Å². The van der Waals surface area contributed by atoms with Crippen molar-refractivity contribution in [1.29, 1.82) is 0 Å². The first-order valence-electron chi connectivity index (χ1n) is 10.2. The van der Waals surface area contributed by atoms with E-state index in [1.54, 1.807) is 30.3 Å². The molecular weight excluding hydrogens is 380 g/mol. The molecule has 2 N–H and O–H groups in total. The first kappa shape index (κ1) is 18.4. The SMILES string of the molecule is Cc1cc2n[nH]c(=O)n2c2cc(-c3ccc(C(=O)N4CCCCC4)cc3)c(O)cc12. The number of pyridine rings is 1. The number of benzene rings is 2. The molecular formula is C23H22N4O3. The third kappa shape index (κ3) is 2.94. The van der Waals surface area contributed by atoms with Gasteiger partial charge in [-0.25, -0.2) is 14.3 Å². The molecule has 30 heavy (non-hydrogen) atoms. The van der Waals surface area contributed by atoms with Crippen molar-refractivity contribution >= 4 is 22.5 Å². The number of phenols is 1. The third-order valence-corrected chi connectivity index (χ3v) is 5.91. The van der Waals surface area contributed by atoms with E-state index in [0.717, 1.165) is 42.4 Å². The minimum absolute atomic E-state index is 0.0475. The number of rotatable bonds is 2. The number of phenolic OH excluding ortho intramolecular Hbond substituents is 1. The number of hydrogen-bond donors (Lipinski definition) is 2. The standard InChI is InChI=1S/C23H22N4O3/c1-14-11-21-24-25-23(30)27(21)19-12-18(20(28)13-17(14)19)15-5-7-16(8-6-15)22(29)26-9-3-2-4-10-26/h5-8,11-13,28H,2-4,9-10H2,1H3,(H,25,30). The second-order valence-electron chi connectivity index (χ2n) is 7.87. The molecule has 7 nitrogen and oxygen atoms in total. The molecule has 1 aliphatic rings. The van der Waals surface area contributed by atoms with Crippen LogP contribution in [0.25, 0.3) is 27.7 Å². The zero-order chi connectivity index (χ0) is 20.8. The van der Waals surface area contributed by atoms with E-state index in [4.69, 9.17) is 0 Å². The zero-order valence-corrected chi connectivity index (χ0v) is 16.7. The molecule has 7 heteroatoms. The summed E-state index contributed by atoms with van der Waals surface area (Å²) in [7, 11) is 0. The summed E-state index contributed by atoms with van der Waals surface area (Å²) < 4.78 is 1.50. The van der Waals surface area contributed by atoms with E-state index in [1.165, 1.54) is 10.8 Å². The fraction of sp³-hybridized carbons (Fsp3) is 0.261. The van der Waals surface area contributed by atoms with E-state index in [0.29, 0.717) is 22.3 Å². The number of aromatic hydroxyl groups is 1. The van der Waals surface area contributed by atoms with Crippen molar-refractivity contribution in [1.82, 2.24) is 19.5 Å². The topological polar surface area (TPSA) is 90.7 Å². The van der Waals surface area contributed by atoms with Crippen LogP contribution in [0.3, 0.4) is 0 Å². The number of aryl methyl sites for hydroxylation is 1. The maximum atomic E-state index is 12.7. The van der Waals surface area contributed by atoms with Crippen molar-refractivity contribution in [3.63, 3.8) is 0 Å². The summed E-state index contributed by atoms with van der Waals surface area (Å²) in [4.78, 5) is 26.9. The van der Waals surface area contributed by atoms with Gasteiger partial charge in [-0.1, -0.05) is 12.1 Å². The maximum Gasteiger partial charge on any atom is 0.348 e. The Labute approximate surface area is 172 Å². The maximum absolute atomic E-state index is 12.7. The number of nitrogens with zero attached hydrogens (tertiary/aromatic N) is 3. The van der Waals surface area contributed by atoms with Crippen LogP contribution in [0.5, 0.6) is 5.75 Å². The van der Waals surface area contributed by atoms with Crippen LogP contribution in [-0.2, 0) is 0 Å². The molecule has 1 saturated heterocycles. The molecule has 1 aliphatic heterocycles. The first-order chi connectivity index (χ1) is 14.5. The van der Waals surface area contributed by atoms with Crippen molar-refractivity contribution in [3.8, 4) is 16.9 Å². The number of carbonyl (C=O) groups is 1. The number of aromatic amines is 1. The Hall–Kier alpha value is -3.61. The van der Waals surface area contributed by atoms with Gasteiger partial charge in [0.2, 0.25) is 0 Å². The number of H-pyrrole nitrogens is 1. The lowest BCUT2D eigenvalue weighted by molar-refractivity contribution is 0.0724. The number of likely N-dealkylation sites (tertiary alicyclic amines) is 1. The molecule has 0 spiro atoms. The minimum atomic E-state index is -0.325. The molecule has 152 valence electrons. The van der Waals surface area contributed by atoms with Crippen LogP contribution in [0.4, 0.5) is 0 Å². The Morgan fingerprint density at radius 1 is 1.07 bits per heavy atom. The Bertz CT molecular complexity index is 1330. The van der Waals surface area contributed by atoms with Crippen molar-refractivity contribution in [2.24, 2.45) is 0 Å². The van der Waals surface area contributed by atoms with Gasteiger partial charge in [0.05, 0.1) is 5.52 Å². The smallest absolute Gasteiger partial charge is 0.348 e. The minimum Gasteiger partial charge on any atom is -0.507 e. The molecule has 3 heterocycles. The molecule has 2 aromatic carbocycles. The van der Waals surface area contributed by atoms with Crippen molar-refractivity contribution in [2.45, 2.75) is 26.2 Å². The van der Waals surface area contributed by atoms with Gasteiger partial charge in [0.15, 0.2) is 5.65 Å². The third-order valence-electron chi connectivity index (χ3n) is 5.91. The van der Waals surface area contributed by atoms with E-state index < -0.39 is 0 Å². The second kappa shape index (κ2) is 7.02. The molecule has 0 atom stereocenters. The fourth-order valence-corrected chi connectivity index (χ4v) is 4.29. The molecule has 5 rings (SSSR count). The quantitative estimate of drug-likeness (QED) is 0.537. The largest absolute Gasteiger partial charge is 0.507 e. The summed E-state index contributed by atoms with van der Waals surface area (Å²) in [5.41, 5.74) is 3.81. The van der Waals surface area contributed by atoms with Gasteiger partial charge in [-0.2, -0.15) is 5.10 Å². The molecule has 2 aromatic heterocycles. The molecule has 1 amide bonds. The molecule has 0 saturated carbocycles. The normalized spacial score (nSPS) is 14.5. The Balaban J connectivity index is 1.58. The molecule has 1 fully saturated rings. The van der Waals surface area contributed by atoms with Crippen LogP contribution in [0.1, 0.15) is 35.2 Å². The number of aromatic nitrogens is 3. The Kier molecular flexibility index (Phi) is 4.31. The lowest BCUT2D eigenvalue weighted by atomic mass is 9.99. The highest BCUT2D eigenvalue weighted by Crippen LogP contribution is 2.35. The number of nitrogens with one attached hydrogen (secondary N) is 1. The summed E-state index contributed by atoms with van der Waals surface area (Å²) in [6, 6.07) is 12.5. The van der Waals surface area contributed by atoms with Gasteiger partial charge < -0.3 is 10.0 Å². The lowest BCUT2D eigenvalue weighted by Gasteiger charge is -2.26. The van der Waals surface area contributed by atoms with Crippen molar-refractivity contribution in [3.05, 3.63) is 64.1 Å². The summed E-state index contributed by atoms with van der Waals surface area (Å²) >= 11 is 0. The zero-order valence-electron chi connectivity index (χ0n) is 16.7. The number of hydrogen-bond acceptors (Lipinski definition) is 4. The van der Waals surface area contributed by atoms with Gasteiger partial charge in [0, 0.05) is 29.6 Å². The Morgan fingerprint density at radius 3 is 2.53 bits per heavy atom. The second-order valence-corrected chi connectivity index (χ2v) is 7.87. The molecule has 0 unspecified atom stereocenters. The van der Waals surface area contributed by atoms with E-state index in [1.807, 2.05) is 24.0 Å². The number of piperidine rings is 1. The van der Waals surface area contributed by atoms with Gasteiger partial charge in [-0.05, 0) is 67.6 Å². The van der Waals surface area contributed by atoms with Crippen LogP contribution in [0.2, 0.25) is 0 Å². The summed E-state index contributed by atoms with van der Waals surface area (Å²) in [5, 5.41) is 18.0.